The summed E-state index contributed by atoms with van der Waals surface area (Å²) in [6, 6.07) is 19.8. The molecule has 0 radical (unpaired) electrons. The molecule has 4 unspecified atom stereocenters. The van der Waals surface area contributed by atoms with Gasteiger partial charge in [-0.25, -0.2) is 13.2 Å². The molecule has 3 saturated carbocycles. The first-order valence-electron chi connectivity index (χ1n) is 22.0. The zero-order valence-electron chi connectivity index (χ0n) is 34.8. The van der Waals surface area contributed by atoms with Crippen LogP contribution in [0.3, 0.4) is 0 Å². The van der Waals surface area contributed by atoms with E-state index in [9.17, 15) is 18.0 Å². The van der Waals surface area contributed by atoms with Gasteiger partial charge in [0.1, 0.15) is 35.2 Å². The summed E-state index contributed by atoms with van der Waals surface area (Å²) in [7, 11) is -2.38. The van der Waals surface area contributed by atoms with Crippen molar-refractivity contribution in [2.24, 2.45) is 11.1 Å². The molecule has 3 aromatic carbocycles. The molecule has 2 heterocycles. The van der Waals surface area contributed by atoms with Crippen molar-refractivity contribution < 1.29 is 41.9 Å². The van der Waals surface area contributed by atoms with E-state index in [1.165, 1.54) is 4.90 Å². The Morgan fingerprint density at radius 1 is 0.839 bits per heavy atom. The molecule has 326 valence electrons. The number of alkyl carbamates (subject to hydrolysis) is 1. The fourth-order valence-corrected chi connectivity index (χ4v) is 11.0. The molecule has 6 aliphatic rings. The first-order chi connectivity index (χ1) is 30.1. The van der Waals surface area contributed by atoms with Gasteiger partial charge in [-0.15, -0.1) is 0 Å². The maximum atomic E-state index is 15.4. The average Bonchev–Trinajstić information content (AvgIpc) is 4.11. The second-order valence-corrected chi connectivity index (χ2v) is 19.4. The SMILES string of the molecule is COc1ccc([C@H]2[C@H](ON=C3c4ccccc4-c4ccccc43)CC3C(=O)NC4(C(=O)NS(=O)(=O)C5CC5)CC4/C=C\CCCCCC(NC(=O)OC4CCCC4)C(=O)N32)cc1. The van der Waals surface area contributed by atoms with Crippen molar-refractivity contribution in [3.8, 4) is 16.9 Å². The Bertz CT molecular complexity index is 2350. The predicted octanol–water partition coefficient (Wildman–Crippen LogP) is 6.20. The Balaban J connectivity index is 1.11. The van der Waals surface area contributed by atoms with E-state index in [1.54, 1.807) is 19.2 Å². The summed E-state index contributed by atoms with van der Waals surface area (Å²) >= 11 is 0. The number of hydrogen-bond donors (Lipinski definition) is 3. The van der Waals surface area contributed by atoms with Gasteiger partial charge < -0.3 is 29.8 Å². The summed E-state index contributed by atoms with van der Waals surface area (Å²) < 4.78 is 39.7. The highest BCUT2D eigenvalue weighted by Crippen LogP contribution is 2.47. The van der Waals surface area contributed by atoms with Crippen molar-refractivity contribution in [3.05, 3.63) is 102 Å². The zero-order chi connectivity index (χ0) is 43.0. The van der Waals surface area contributed by atoms with E-state index in [1.807, 2.05) is 72.8 Å². The van der Waals surface area contributed by atoms with Crippen molar-refractivity contribution in [1.82, 2.24) is 20.3 Å². The van der Waals surface area contributed by atoms with E-state index < -0.39 is 74.8 Å². The van der Waals surface area contributed by atoms with Crippen LogP contribution in [0.2, 0.25) is 0 Å². The lowest BCUT2D eigenvalue weighted by Crippen LogP contribution is -2.58. The standard InChI is InChI=1S/C47H53N5O9S/c1-59-31-23-21-29(22-24-31)42-40(61-50-41-36-18-11-9-16-34(36)35-17-10-12-19-37(35)41)27-39-43(53)49-47(45(55)51-62(57,58)33-25-26-33)28-30(47)13-5-3-2-4-6-20-38(44(54)52(39)42)48-46(56)60-32-14-7-8-15-32/h5,9-13,16-19,21-24,30,32-33,38-40,42H,2-4,6-8,14-15,20,25-28H2,1H3,(H,48,56)(H,49,53)(H,51,55)/b13-5-/t30?,38?,39?,40-,42+,47?/m1/s1. The second-order valence-electron chi connectivity index (χ2n) is 17.4. The van der Waals surface area contributed by atoms with Crippen LogP contribution in [0.25, 0.3) is 11.1 Å². The van der Waals surface area contributed by atoms with Gasteiger partial charge >= 0.3 is 6.09 Å². The Morgan fingerprint density at radius 3 is 2.16 bits per heavy atom. The Kier molecular flexibility index (Phi) is 11.6. The van der Waals surface area contributed by atoms with Crippen LogP contribution in [0.15, 0.2) is 90.1 Å². The minimum Gasteiger partial charge on any atom is -0.497 e. The van der Waals surface area contributed by atoms with Crippen molar-refractivity contribution in [1.29, 1.82) is 0 Å². The number of benzene rings is 3. The van der Waals surface area contributed by atoms with E-state index in [4.69, 9.17) is 19.5 Å². The third kappa shape index (κ3) is 8.30. The maximum absolute atomic E-state index is 15.4. The normalized spacial score (nSPS) is 27.9. The van der Waals surface area contributed by atoms with Crippen LogP contribution in [0, 0.1) is 5.92 Å². The van der Waals surface area contributed by atoms with E-state index in [0.29, 0.717) is 42.7 Å². The van der Waals surface area contributed by atoms with Crippen LogP contribution in [-0.4, -0.2) is 85.0 Å². The van der Waals surface area contributed by atoms with Crippen molar-refractivity contribution in [2.75, 3.05) is 7.11 Å². The van der Waals surface area contributed by atoms with Gasteiger partial charge in [0.15, 0.2) is 6.10 Å². The van der Waals surface area contributed by atoms with Gasteiger partial charge in [0.2, 0.25) is 21.8 Å². The summed E-state index contributed by atoms with van der Waals surface area (Å²) in [5, 5.41) is 10.0. The van der Waals surface area contributed by atoms with Gasteiger partial charge in [-0.05, 0) is 93.0 Å². The molecule has 9 rings (SSSR count). The largest absolute Gasteiger partial charge is 0.497 e. The summed E-state index contributed by atoms with van der Waals surface area (Å²) in [6.45, 7) is 0. The number of oxime groups is 1. The molecule has 15 heteroatoms. The Labute approximate surface area is 361 Å². The number of hydrogen-bond acceptors (Lipinski definition) is 10. The predicted molar refractivity (Wildman–Crippen MR) is 230 cm³/mol. The molecule has 4 fully saturated rings. The minimum atomic E-state index is -3.94. The smallest absolute Gasteiger partial charge is 0.408 e. The first-order valence-corrected chi connectivity index (χ1v) is 23.5. The number of carbonyl (C=O) groups excluding carboxylic acids is 4. The molecule has 62 heavy (non-hydrogen) atoms. The van der Waals surface area contributed by atoms with Gasteiger partial charge in [0.25, 0.3) is 5.91 Å². The fourth-order valence-electron chi connectivity index (χ4n) is 9.64. The van der Waals surface area contributed by atoms with Crippen molar-refractivity contribution >= 4 is 39.5 Å². The summed E-state index contributed by atoms with van der Waals surface area (Å²) in [5.74, 6) is -1.85. The third-order valence-electron chi connectivity index (χ3n) is 13.3. The van der Waals surface area contributed by atoms with E-state index in [-0.39, 0.29) is 25.4 Å². The number of carbonyl (C=O) groups is 4. The molecule has 2 aliphatic heterocycles. The van der Waals surface area contributed by atoms with Crippen LogP contribution in [0.5, 0.6) is 5.75 Å². The number of nitrogens with one attached hydrogen (secondary N) is 3. The lowest BCUT2D eigenvalue weighted by Gasteiger charge is -2.34. The number of rotatable bonds is 9. The van der Waals surface area contributed by atoms with E-state index in [2.05, 4.69) is 15.4 Å². The Morgan fingerprint density at radius 2 is 1.50 bits per heavy atom. The Hall–Kier alpha value is -5.70. The molecule has 4 amide bonds. The number of sulfonamides is 1. The van der Waals surface area contributed by atoms with Gasteiger partial charge in [0.05, 0.1) is 18.4 Å². The molecule has 0 spiro atoms. The molecule has 0 aromatic heterocycles. The highest BCUT2D eigenvalue weighted by atomic mass is 32.2. The van der Waals surface area contributed by atoms with Crippen LogP contribution in [0.1, 0.15) is 106 Å². The highest BCUT2D eigenvalue weighted by molar-refractivity contribution is 7.91. The molecule has 1 saturated heterocycles. The molecular formula is C47H53N5O9S. The quantitative estimate of drug-likeness (QED) is 0.131. The van der Waals surface area contributed by atoms with Crippen LogP contribution >= 0.6 is 0 Å². The molecule has 14 nitrogen and oxygen atoms in total. The monoisotopic (exact) mass is 863 g/mol. The molecule has 3 aromatic rings. The molecule has 0 bridgehead atoms. The zero-order valence-corrected chi connectivity index (χ0v) is 35.6. The fraction of sp³-hybridized carbons (Fsp3) is 0.468. The number of nitrogens with zero attached hydrogens (tertiary/aromatic N) is 2. The number of fused-ring (bicyclic) bond motifs is 5. The molecular weight excluding hydrogens is 811 g/mol. The van der Waals surface area contributed by atoms with E-state index >= 15 is 9.59 Å². The number of methoxy groups -OCH3 is 1. The maximum Gasteiger partial charge on any atom is 0.408 e. The minimum absolute atomic E-state index is 0.0356. The van der Waals surface area contributed by atoms with Crippen LogP contribution < -0.4 is 20.1 Å². The van der Waals surface area contributed by atoms with Gasteiger partial charge in [-0.2, -0.15) is 0 Å². The van der Waals surface area contributed by atoms with Crippen LogP contribution in [0.4, 0.5) is 4.79 Å². The third-order valence-corrected chi connectivity index (χ3v) is 15.1. The number of ether oxygens (including phenoxy) is 2. The second kappa shape index (κ2) is 17.2. The molecule has 4 aliphatic carbocycles. The van der Waals surface area contributed by atoms with E-state index in [0.717, 1.165) is 60.8 Å². The summed E-state index contributed by atoms with van der Waals surface area (Å²) in [5.41, 5.74) is 3.45. The van der Waals surface area contributed by atoms with Crippen LogP contribution in [-0.2, 0) is 34.0 Å². The average molecular weight is 864 g/mol. The number of allylic oxidation sites excluding steroid dienone is 1. The number of amides is 4. The lowest BCUT2D eigenvalue weighted by atomic mass is 10.0. The van der Waals surface area contributed by atoms with Gasteiger partial charge in [0, 0.05) is 23.5 Å². The molecule has 3 N–H and O–H groups in total. The first kappa shape index (κ1) is 41.6. The summed E-state index contributed by atoms with van der Waals surface area (Å²) in [4.78, 5) is 66.0. The topological polar surface area (TPSA) is 182 Å². The van der Waals surface area contributed by atoms with Gasteiger partial charge in [-0.1, -0.05) is 90.8 Å². The highest BCUT2D eigenvalue weighted by Gasteiger charge is 2.63. The lowest BCUT2D eigenvalue weighted by molar-refractivity contribution is -0.143. The summed E-state index contributed by atoms with van der Waals surface area (Å²) in [6.07, 6.45) is 9.62. The van der Waals surface area contributed by atoms with Crippen molar-refractivity contribution in [2.45, 2.75) is 125 Å². The van der Waals surface area contributed by atoms with Gasteiger partial charge in [-0.3, -0.25) is 19.1 Å². The molecule has 6 atom stereocenters. The van der Waals surface area contributed by atoms with Crippen molar-refractivity contribution in [3.63, 3.8) is 0 Å².